The molecular formula is C28H53N5O5. The summed E-state index contributed by atoms with van der Waals surface area (Å²) < 4.78 is 0. The Morgan fingerprint density at radius 3 is 1.95 bits per heavy atom. The van der Waals surface area contributed by atoms with Gasteiger partial charge in [0.05, 0.1) is 12.6 Å². The van der Waals surface area contributed by atoms with Crippen molar-refractivity contribution in [1.29, 1.82) is 0 Å². The molecule has 10 heteroatoms. The number of unbranched alkanes of at least 4 members (excludes halogenated alkanes) is 8. The first-order chi connectivity index (χ1) is 18.0. The van der Waals surface area contributed by atoms with Gasteiger partial charge < -0.3 is 32.1 Å². The zero-order valence-corrected chi connectivity index (χ0v) is 24.1. The van der Waals surface area contributed by atoms with E-state index in [0.29, 0.717) is 38.6 Å². The van der Waals surface area contributed by atoms with Gasteiger partial charge in [-0.05, 0) is 44.1 Å². The topological polar surface area (TPSA) is 163 Å². The van der Waals surface area contributed by atoms with E-state index >= 15 is 0 Å². The van der Waals surface area contributed by atoms with Crippen molar-refractivity contribution in [3.63, 3.8) is 0 Å². The van der Waals surface area contributed by atoms with Crippen LogP contribution in [-0.4, -0.2) is 66.1 Å². The zero-order valence-electron chi connectivity index (χ0n) is 24.1. The number of rotatable bonds is 14. The Labute approximate surface area is 229 Å². The van der Waals surface area contributed by atoms with Gasteiger partial charge in [0.2, 0.25) is 17.7 Å². The van der Waals surface area contributed by atoms with Crippen molar-refractivity contribution in [2.75, 3.05) is 13.1 Å². The predicted molar refractivity (Wildman–Crippen MR) is 149 cm³/mol. The molecule has 10 nitrogen and oxygen atoms in total. The van der Waals surface area contributed by atoms with Crippen LogP contribution in [0.1, 0.15) is 111 Å². The van der Waals surface area contributed by atoms with Crippen molar-refractivity contribution in [2.24, 2.45) is 11.1 Å². The van der Waals surface area contributed by atoms with E-state index in [1.54, 1.807) is 0 Å². The number of hydrogen-bond donors (Lipinski definition) is 6. The van der Waals surface area contributed by atoms with Gasteiger partial charge in [-0.25, -0.2) is 0 Å². The van der Waals surface area contributed by atoms with Crippen molar-refractivity contribution in [3.8, 4) is 0 Å². The molecule has 1 aliphatic rings. The van der Waals surface area contributed by atoms with E-state index in [0.717, 1.165) is 25.7 Å². The summed E-state index contributed by atoms with van der Waals surface area (Å²) in [5.74, 6) is -2.17. The van der Waals surface area contributed by atoms with Gasteiger partial charge in [0.25, 0.3) is 5.91 Å². The molecule has 7 N–H and O–H groups in total. The molecule has 1 fully saturated rings. The first-order valence-electron chi connectivity index (χ1n) is 14.5. The Balaban J connectivity index is 3.02. The van der Waals surface area contributed by atoms with Crippen LogP contribution in [0.4, 0.5) is 0 Å². The predicted octanol–water partition coefficient (Wildman–Crippen LogP) is 2.03. The molecule has 38 heavy (non-hydrogen) atoms. The molecule has 3 unspecified atom stereocenters. The highest BCUT2D eigenvalue weighted by atomic mass is 16.3. The Morgan fingerprint density at radius 2 is 1.34 bits per heavy atom. The largest absolute Gasteiger partial charge is 0.381 e. The second-order valence-corrected chi connectivity index (χ2v) is 11.8. The third-order valence-corrected chi connectivity index (χ3v) is 6.82. The van der Waals surface area contributed by atoms with Crippen LogP contribution in [0.5, 0.6) is 0 Å². The Hall–Kier alpha value is -2.20. The van der Waals surface area contributed by atoms with E-state index < -0.39 is 47.9 Å². The molecule has 1 rings (SSSR count). The summed E-state index contributed by atoms with van der Waals surface area (Å²) in [6.07, 6.45) is 9.67. The molecular weight excluding hydrogens is 486 g/mol. The standard InChI is InChI=1S/C28H53N5O5/c1-5-6-7-8-9-10-11-12-15-20-24(35)27(38)30-19-23(34)31-21(16-13-14-17-29)25(36)33-22(26(37)32-20)18-28(2,3)4/h20-22,24,35H,5-19,29H2,1-4H3,(H,30,38)(H,31,34)(H,32,37)(H,33,36)/t20?,21?,22?,24-/m1/s1. The number of aliphatic hydroxyl groups excluding tert-OH is 1. The highest BCUT2D eigenvalue weighted by molar-refractivity contribution is 5.94. The van der Waals surface area contributed by atoms with Gasteiger partial charge in [-0.1, -0.05) is 79.1 Å². The van der Waals surface area contributed by atoms with Crippen LogP contribution in [0.2, 0.25) is 0 Å². The fourth-order valence-electron chi connectivity index (χ4n) is 4.65. The van der Waals surface area contributed by atoms with Crippen molar-refractivity contribution in [3.05, 3.63) is 0 Å². The molecule has 4 amide bonds. The van der Waals surface area contributed by atoms with Crippen LogP contribution in [-0.2, 0) is 19.2 Å². The summed E-state index contributed by atoms with van der Waals surface area (Å²) in [6, 6.07) is -2.57. The summed E-state index contributed by atoms with van der Waals surface area (Å²) in [6.45, 7) is 8.18. The van der Waals surface area contributed by atoms with Crippen LogP contribution < -0.4 is 27.0 Å². The van der Waals surface area contributed by atoms with E-state index in [4.69, 9.17) is 5.73 Å². The Kier molecular flexibility index (Phi) is 16.2. The molecule has 0 aromatic heterocycles. The van der Waals surface area contributed by atoms with E-state index in [2.05, 4.69) is 28.2 Å². The maximum atomic E-state index is 13.4. The van der Waals surface area contributed by atoms with Gasteiger partial charge in [0.15, 0.2) is 6.10 Å². The van der Waals surface area contributed by atoms with Crippen molar-refractivity contribution >= 4 is 23.6 Å². The van der Waals surface area contributed by atoms with Gasteiger partial charge in [0, 0.05) is 0 Å². The van der Waals surface area contributed by atoms with Gasteiger partial charge >= 0.3 is 0 Å². The third-order valence-electron chi connectivity index (χ3n) is 6.82. The molecule has 0 aromatic rings. The molecule has 1 saturated heterocycles. The lowest BCUT2D eigenvalue weighted by molar-refractivity contribution is -0.135. The lowest BCUT2D eigenvalue weighted by atomic mass is 9.87. The maximum Gasteiger partial charge on any atom is 0.251 e. The number of hydrogen-bond acceptors (Lipinski definition) is 6. The fourth-order valence-corrected chi connectivity index (χ4v) is 4.65. The first kappa shape index (κ1) is 33.8. The molecule has 0 aliphatic carbocycles. The molecule has 0 saturated carbocycles. The van der Waals surface area contributed by atoms with Crippen LogP contribution in [0.25, 0.3) is 0 Å². The molecule has 0 bridgehead atoms. The number of nitrogens with one attached hydrogen (secondary N) is 4. The molecule has 0 spiro atoms. The number of carbonyl (C=O) groups is 4. The van der Waals surface area contributed by atoms with Crippen LogP contribution in [0.3, 0.4) is 0 Å². The van der Waals surface area contributed by atoms with Gasteiger partial charge in [0.1, 0.15) is 12.1 Å². The monoisotopic (exact) mass is 539 g/mol. The second kappa shape index (κ2) is 18.2. The average Bonchev–Trinajstić information content (AvgIpc) is 2.85. The van der Waals surface area contributed by atoms with Crippen LogP contribution in [0, 0.1) is 5.41 Å². The lowest BCUT2D eigenvalue weighted by Crippen LogP contribution is -2.57. The van der Waals surface area contributed by atoms with Crippen LogP contribution in [0.15, 0.2) is 0 Å². The zero-order chi connectivity index (χ0) is 28.6. The van der Waals surface area contributed by atoms with Gasteiger partial charge in [-0.2, -0.15) is 0 Å². The fraction of sp³-hybridized carbons (Fsp3) is 0.857. The minimum atomic E-state index is -1.51. The number of amides is 4. The minimum Gasteiger partial charge on any atom is -0.381 e. The second-order valence-electron chi connectivity index (χ2n) is 11.8. The number of carbonyl (C=O) groups excluding carboxylic acids is 4. The van der Waals surface area contributed by atoms with Gasteiger partial charge in [-0.15, -0.1) is 0 Å². The highest BCUT2D eigenvalue weighted by Gasteiger charge is 2.34. The smallest absolute Gasteiger partial charge is 0.251 e. The van der Waals surface area contributed by atoms with Crippen LogP contribution >= 0.6 is 0 Å². The third kappa shape index (κ3) is 14.1. The lowest BCUT2D eigenvalue weighted by Gasteiger charge is -2.30. The minimum absolute atomic E-state index is 0.287. The Bertz CT molecular complexity index is 740. The van der Waals surface area contributed by atoms with E-state index in [1.165, 1.54) is 25.7 Å². The summed E-state index contributed by atoms with van der Waals surface area (Å²) in [5.41, 5.74) is 5.29. The van der Waals surface area contributed by atoms with Crippen molar-refractivity contribution in [1.82, 2.24) is 21.3 Å². The molecule has 0 radical (unpaired) electrons. The summed E-state index contributed by atoms with van der Waals surface area (Å²) >= 11 is 0. The molecule has 0 aromatic carbocycles. The summed E-state index contributed by atoms with van der Waals surface area (Å²) in [7, 11) is 0. The summed E-state index contributed by atoms with van der Waals surface area (Å²) in [5, 5.41) is 21.6. The highest BCUT2D eigenvalue weighted by Crippen LogP contribution is 2.22. The van der Waals surface area contributed by atoms with E-state index in [-0.39, 0.29) is 12.0 Å². The van der Waals surface area contributed by atoms with Crippen molar-refractivity contribution in [2.45, 2.75) is 135 Å². The normalized spacial score (nSPS) is 23.8. The van der Waals surface area contributed by atoms with Gasteiger partial charge in [-0.3, -0.25) is 19.2 Å². The van der Waals surface area contributed by atoms with E-state index in [9.17, 15) is 24.3 Å². The summed E-state index contributed by atoms with van der Waals surface area (Å²) in [4.78, 5) is 51.8. The molecule has 1 aliphatic heterocycles. The quantitative estimate of drug-likeness (QED) is 0.185. The average molecular weight is 540 g/mol. The number of aliphatic hydroxyl groups is 1. The first-order valence-corrected chi connectivity index (χ1v) is 14.5. The SMILES string of the molecule is CCCCCCCCCCC1NC(=O)C(CC(C)(C)C)NC(=O)C(CCCCN)NC(=O)CNC(=O)[C@@H]1O. The van der Waals surface area contributed by atoms with Crippen molar-refractivity contribution < 1.29 is 24.3 Å². The Morgan fingerprint density at radius 1 is 0.763 bits per heavy atom. The molecule has 1 heterocycles. The number of nitrogens with two attached hydrogens (primary N) is 1. The maximum absolute atomic E-state index is 13.4. The van der Waals surface area contributed by atoms with E-state index in [1.807, 2.05) is 20.8 Å². The molecule has 220 valence electrons. The molecule has 4 atom stereocenters.